The molecule has 1 atom stereocenters. The number of rotatable bonds is 3. The molecule has 1 saturated heterocycles. The van der Waals surface area contributed by atoms with Gasteiger partial charge >= 0.3 is 0 Å². The van der Waals surface area contributed by atoms with Crippen LogP contribution in [0.1, 0.15) is 11.4 Å². The molecule has 6 heteroatoms. The van der Waals surface area contributed by atoms with Crippen LogP contribution in [0.2, 0.25) is 0 Å². The van der Waals surface area contributed by atoms with Gasteiger partial charge in [-0.25, -0.2) is 4.98 Å². The van der Waals surface area contributed by atoms with E-state index in [1.54, 1.807) is 6.07 Å². The van der Waals surface area contributed by atoms with Crippen LogP contribution in [0.25, 0.3) is 11.0 Å². The van der Waals surface area contributed by atoms with Crippen LogP contribution in [0.15, 0.2) is 18.2 Å². The highest BCUT2D eigenvalue weighted by atomic mass is 35.5. The molecule has 1 aromatic heterocycles. The Labute approximate surface area is 128 Å². The number of nitriles is 1. The third-order valence-electron chi connectivity index (χ3n) is 3.80. The minimum Gasteiger partial charge on any atom is -0.374 e. The molecule has 21 heavy (non-hydrogen) atoms. The normalized spacial score (nSPS) is 19.8. The Morgan fingerprint density at radius 3 is 3.10 bits per heavy atom. The van der Waals surface area contributed by atoms with Gasteiger partial charge in [-0.15, -0.1) is 11.6 Å². The summed E-state index contributed by atoms with van der Waals surface area (Å²) >= 11 is 6.02. The highest BCUT2D eigenvalue weighted by Gasteiger charge is 2.21. The van der Waals surface area contributed by atoms with E-state index in [0.29, 0.717) is 18.0 Å². The van der Waals surface area contributed by atoms with Crippen LogP contribution in [0.5, 0.6) is 0 Å². The molecule has 0 aliphatic carbocycles. The lowest BCUT2D eigenvalue weighted by Gasteiger charge is -2.30. The molecule has 0 spiro atoms. The molecule has 0 radical (unpaired) electrons. The number of hydrogen-bond acceptors (Lipinski definition) is 4. The third kappa shape index (κ3) is 2.88. The molecule has 1 unspecified atom stereocenters. The maximum absolute atomic E-state index is 9.07. The topological polar surface area (TPSA) is 54.1 Å². The van der Waals surface area contributed by atoms with E-state index in [1.807, 2.05) is 12.1 Å². The second-order valence-electron chi connectivity index (χ2n) is 5.34. The van der Waals surface area contributed by atoms with Crippen molar-refractivity contribution >= 4 is 22.6 Å². The van der Waals surface area contributed by atoms with Gasteiger partial charge in [0.1, 0.15) is 5.82 Å². The van der Waals surface area contributed by atoms with E-state index < -0.39 is 0 Å². The van der Waals surface area contributed by atoms with Crippen LogP contribution in [-0.2, 0) is 17.2 Å². The zero-order valence-corrected chi connectivity index (χ0v) is 12.7. The number of hydrogen-bond donors (Lipinski definition) is 0. The first-order valence-electron chi connectivity index (χ1n) is 6.96. The van der Waals surface area contributed by atoms with Crippen molar-refractivity contribution in [1.82, 2.24) is 14.5 Å². The molecule has 0 saturated carbocycles. The molecule has 110 valence electrons. The van der Waals surface area contributed by atoms with Crippen molar-refractivity contribution in [3.05, 3.63) is 29.6 Å². The summed E-state index contributed by atoms with van der Waals surface area (Å²) in [6.07, 6.45) is 0.119. The lowest BCUT2D eigenvalue weighted by molar-refractivity contribution is -0.0272. The van der Waals surface area contributed by atoms with Crippen molar-refractivity contribution in [2.75, 3.05) is 26.7 Å². The lowest BCUT2D eigenvalue weighted by atomic mass is 10.2. The Morgan fingerprint density at radius 2 is 2.38 bits per heavy atom. The number of benzene rings is 1. The first kappa shape index (κ1) is 14.3. The largest absolute Gasteiger partial charge is 0.374 e. The Kier molecular flexibility index (Phi) is 4.11. The highest BCUT2D eigenvalue weighted by Crippen LogP contribution is 2.21. The molecule has 3 rings (SSSR count). The van der Waals surface area contributed by atoms with Gasteiger partial charge in [-0.3, -0.25) is 0 Å². The van der Waals surface area contributed by atoms with Gasteiger partial charge in [-0.05, 0) is 25.2 Å². The van der Waals surface area contributed by atoms with E-state index in [9.17, 15) is 0 Å². The van der Waals surface area contributed by atoms with E-state index in [-0.39, 0.29) is 6.10 Å². The fraction of sp³-hybridized carbons (Fsp3) is 0.467. The number of ether oxygens (including phenoxy) is 1. The summed E-state index contributed by atoms with van der Waals surface area (Å²) in [6, 6.07) is 7.69. The zero-order valence-electron chi connectivity index (χ0n) is 11.9. The molecule has 2 heterocycles. The number of morpholine rings is 1. The Balaban J connectivity index is 1.97. The maximum Gasteiger partial charge on any atom is 0.124 e. The van der Waals surface area contributed by atoms with E-state index >= 15 is 0 Å². The smallest absolute Gasteiger partial charge is 0.124 e. The number of alkyl halides is 1. The molecular weight excluding hydrogens is 288 g/mol. The summed E-state index contributed by atoms with van der Waals surface area (Å²) in [5.74, 6) is 1.16. The Bertz CT molecular complexity index is 691. The number of halogens is 1. The minimum absolute atomic E-state index is 0.119. The fourth-order valence-corrected chi connectivity index (χ4v) is 2.93. The molecule has 0 N–H and O–H groups in total. The summed E-state index contributed by atoms with van der Waals surface area (Å²) in [5, 5.41) is 9.07. The van der Waals surface area contributed by atoms with Crippen LogP contribution < -0.4 is 0 Å². The summed E-state index contributed by atoms with van der Waals surface area (Å²) < 4.78 is 7.90. The second-order valence-corrected chi connectivity index (χ2v) is 5.61. The van der Waals surface area contributed by atoms with Gasteiger partial charge < -0.3 is 14.2 Å². The third-order valence-corrected chi connectivity index (χ3v) is 4.04. The number of likely N-dealkylation sites (N-methyl/N-ethyl adjacent to an activating group) is 1. The highest BCUT2D eigenvalue weighted by molar-refractivity contribution is 6.16. The lowest BCUT2D eigenvalue weighted by Crippen LogP contribution is -2.42. The van der Waals surface area contributed by atoms with E-state index in [0.717, 1.165) is 36.6 Å². The summed E-state index contributed by atoms with van der Waals surface area (Å²) in [7, 11) is 2.10. The van der Waals surface area contributed by atoms with Crippen LogP contribution >= 0.6 is 11.6 Å². The summed E-state index contributed by atoms with van der Waals surface area (Å²) in [6.45, 7) is 3.30. The molecule has 2 aromatic rings. The van der Waals surface area contributed by atoms with Crippen molar-refractivity contribution in [3.8, 4) is 6.07 Å². The molecule has 1 aromatic carbocycles. The number of aromatic nitrogens is 2. The monoisotopic (exact) mass is 304 g/mol. The predicted molar refractivity (Wildman–Crippen MR) is 81.2 cm³/mol. The quantitative estimate of drug-likeness (QED) is 0.814. The molecular formula is C15H17ClN4O. The van der Waals surface area contributed by atoms with Crippen LogP contribution in [0.3, 0.4) is 0 Å². The molecule has 5 nitrogen and oxygen atoms in total. The summed E-state index contributed by atoms with van der Waals surface area (Å²) in [5.41, 5.74) is 2.45. The van der Waals surface area contributed by atoms with Gasteiger partial charge in [0.05, 0.1) is 47.8 Å². The molecule has 1 aliphatic rings. The fourth-order valence-electron chi connectivity index (χ4n) is 2.73. The number of imidazole rings is 1. The second kappa shape index (κ2) is 6.02. The van der Waals surface area contributed by atoms with Gasteiger partial charge in [0.15, 0.2) is 0 Å². The van der Waals surface area contributed by atoms with Crippen molar-refractivity contribution in [3.63, 3.8) is 0 Å². The first-order chi connectivity index (χ1) is 10.2. The van der Waals surface area contributed by atoms with Gasteiger partial charge in [-0.1, -0.05) is 0 Å². The van der Waals surface area contributed by atoms with E-state index in [4.69, 9.17) is 21.6 Å². The molecule has 0 amide bonds. The molecule has 0 bridgehead atoms. The SMILES string of the molecule is CN1CCOC(Cn2c(CCl)nc3ccc(C#N)cc32)C1. The van der Waals surface area contributed by atoms with Crippen LogP contribution in [0.4, 0.5) is 0 Å². The number of nitrogens with zero attached hydrogens (tertiary/aromatic N) is 4. The van der Waals surface area contributed by atoms with Gasteiger partial charge in [0.2, 0.25) is 0 Å². The minimum atomic E-state index is 0.119. The number of fused-ring (bicyclic) bond motifs is 1. The van der Waals surface area contributed by atoms with Crippen molar-refractivity contribution in [1.29, 1.82) is 5.26 Å². The van der Waals surface area contributed by atoms with Gasteiger partial charge in [0, 0.05) is 13.1 Å². The Hall–Kier alpha value is -1.61. The van der Waals surface area contributed by atoms with E-state index in [1.165, 1.54) is 0 Å². The Morgan fingerprint density at radius 1 is 1.52 bits per heavy atom. The van der Waals surface area contributed by atoms with Crippen molar-refractivity contribution in [2.24, 2.45) is 0 Å². The van der Waals surface area contributed by atoms with E-state index in [2.05, 4.69) is 27.6 Å². The van der Waals surface area contributed by atoms with Crippen LogP contribution in [-0.4, -0.2) is 47.3 Å². The maximum atomic E-state index is 9.07. The predicted octanol–water partition coefficient (Wildman–Crippen LogP) is 1.98. The average Bonchev–Trinajstić information content (AvgIpc) is 2.84. The summed E-state index contributed by atoms with van der Waals surface area (Å²) in [4.78, 5) is 6.80. The average molecular weight is 305 g/mol. The van der Waals surface area contributed by atoms with Crippen LogP contribution in [0, 0.1) is 11.3 Å². The van der Waals surface area contributed by atoms with Gasteiger partial charge in [-0.2, -0.15) is 5.26 Å². The van der Waals surface area contributed by atoms with Gasteiger partial charge in [0.25, 0.3) is 0 Å². The first-order valence-corrected chi connectivity index (χ1v) is 7.50. The standard InChI is InChI=1S/C15H17ClN4O/c1-19-4-5-21-12(9-19)10-20-14-6-11(8-17)2-3-13(14)18-15(20)7-16/h2-3,6,12H,4-5,7,9-10H2,1H3. The zero-order chi connectivity index (χ0) is 14.8. The van der Waals surface area contributed by atoms with Crippen molar-refractivity contribution in [2.45, 2.75) is 18.5 Å². The molecule has 1 fully saturated rings. The molecule has 1 aliphatic heterocycles. The van der Waals surface area contributed by atoms with Crippen molar-refractivity contribution < 1.29 is 4.74 Å².